The highest BCUT2D eigenvalue weighted by Gasteiger charge is 2.25. The minimum Gasteiger partial charge on any atom is -0.506 e. The van der Waals surface area contributed by atoms with E-state index in [0.29, 0.717) is 11.1 Å². The molecule has 0 heterocycles. The van der Waals surface area contributed by atoms with Gasteiger partial charge in [-0.05, 0) is 88.8 Å². The number of carbonyl (C=O) groups excluding carboxylic acids is 2. The molecule has 4 rings (SSSR count). The van der Waals surface area contributed by atoms with E-state index in [9.17, 15) is 19.8 Å². The molecule has 0 aliphatic rings. The van der Waals surface area contributed by atoms with E-state index in [4.69, 9.17) is 9.98 Å². The van der Waals surface area contributed by atoms with Gasteiger partial charge in [0.05, 0.1) is 11.1 Å². The van der Waals surface area contributed by atoms with Crippen LogP contribution < -0.4 is 0 Å². The molecule has 48 heavy (non-hydrogen) atoms. The number of nitrogens with zero attached hydrogens (tertiary/aromatic N) is 2. The van der Waals surface area contributed by atoms with Crippen molar-refractivity contribution in [1.29, 1.82) is 0 Å². The highest BCUT2D eigenvalue weighted by Crippen LogP contribution is 2.36. The summed E-state index contributed by atoms with van der Waals surface area (Å²) in [5, 5.41) is 23.0. The van der Waals surface area contributed by atoms with Gasteiger partial charge in [-0.15, -0.1) is 0 Å². The number of aliphatic hydroxyl groups excluding tert-OH is 2. The lowest BCUT2D eigenvalue weighted by Crippen LogP contribution is -2.12. The maximum Gasteiger partial charge on any atom is 0.165 e. The van der Waals surface area contributed by atoms with Gasteiger partial charge >= 0.3 is 0 Å². The van der Waals surface area contributed by atoms with Crippen molar-refractivity contribution in [2.45, 2.75) is 67.5 Å². The zero-order chi connectivity index (χ0) is 35.1. The van der Waals surface area contributed by atoms with Crippen molar-refractivity contribution >= 4 is 35.5 Å². The molecule has 0 aromatic heterocycles. The van der Waals surface area contributed by atoms with Gasteiger partial charge in [-0.25, -0.2) is 0 Å². The maximum atomic E-state index is 13.0. The lowest BCUT2D eigenvalue weighted by molar-refractivity contribution is -0.114. The van der Waals surface area contributed by atoms with E-state index in [1.807, 2.05) is 126 Å². The number of hydrogen-bond donors (Lipinski definition) is 2. The van der Waals surface area contributed by atoms with E-state index in [0.717, 1.165) is 44.5 Å². The first-order valence-electron chi connectivity index (χ1n) is 16.0. The van der Waals surface area contributed by atoms with Gasteiger partial charge in [-0.2, -0.15) is 0 Å². The number of aryl methyl sites for hydroxylation is 6. The fourth-order valence-electron chi connectivity index (χ4n) is 6.32. The second-order valence-corrected chi connectivity index (χ2v) is 12.5. The lowest BCUT2D eigenvalue weighted by Gasteiger charge is -2.22. The Labute approximate surface area is 283 Å². The zero-order valence-corrected chi connectivity index (χ0v) is 29.0. The van der Waals surface area contributed by atoms with Crippen molar-refractivity contribution < 1.29 is 19.8 Å². The molecule has 0 unspecified atom stereocenters. The number of ketones is 2. The van der Waals surface area contributed by atoms with Crippen LogP contribution in [0.4, 0.5) is 0 Å². The summed E-state index contributed by atoms with van der Waals surface area (Å²) in [5.41, 5.74) is 8.51. The van der Waals surface area contributed by atoms with E-state index in [-0.39, 0.29) is 34.2 Å². The summed E-state index contributed by atoms with van der Waals surface area (Å²) in [6, 6.07) is 25.7. The van der Waals surface area contributed by atoms with Crippen LogP contribution in [-0.4, -0.2) is 34.2 Å². The Bertz CT molecular complexity index is 1760. The van der Waals surface area contributed by atoms with E-state index < -0.39 is 12.1 Å². The van der Waals surface area contributed by atoms with Crippen molar-refractivity contribution in [2.24, 2.45) is 9.98 Å². The third-order valence-electron chi connectivity index (χ3n) is 8.41. The highest BCUT2D eigenvalue weighted by atomic mass is 16.3. The Morgan fingerprint density at radius 2 is 0.833 bits per heavy atom. The average molecular weight is 641 g/mol. The van der Waals surface area contributed by atoms with E-state index in [2.05, 4.69) is 0 Å². The minimum absolute atomic E-state index is 0.0778. The Balaban J connectivity index is 1.93. The monoisotopic (exact) mass is 640 g/mol. The van der Waals surface area contributed by atoms with Gasteiger partial charge in [0.15, 0.2) is 11.6 Å². The maximum absolute atomic E-state index is 13.0. The van der Waals surface area contributed by atoms with Crippen molar-refractivity contribution in [3.8, 4) is 0 Å². The van der Waals surface area contributed by atoms with Crippen molar-refractivity contribution in [1.82, 2.24) is 0 Å². The number of aliphatic imine (C=N–C) groups is 2. The molecule has 0 aliphatic carbocycles. The van der Waals surface area contributed by atoms with Crippen LogP contribution in [0.15, 0.2) is 106 Å². The van der Waals surface area contributed by atoms with Crippen LogP contribution in [0, 0.1) is 41.5 Å². The third-order valence-corrected chi connectivity index (χ3v) is 8.41. The quantitative estimate of drug-likeness (QED) is 0.0969. The Morgan fingerprint density at radius 1 is 0.542 bits per heavy atom. The molecular formula is C42H44N2O4. The fourth-order valence-corrected chi connectivity index (χ4v) is 6.32. The number of Topliss-reactive ketones (excluding diaryl/α,β-unsaturated/α-hetero) is 2. The number of benzene rings is 4. The SMILES string of the molecule is CC(=O)C(C=N[C@@H](c1ccccc1)[C@@H](N=CC(C(C)=O)=C(O)c1c(C)cc(C)cc1C)c1ccccc1)=C(O)c1c(C)cc(C)cc1C. The number of hydrogen-bond acceptors (Lipinski definition) is 6. The normalized spacial score (nSPS) is 14.1. The van der Waals surface area contributed by atoms with Gasteiger partial charge in [0.25, 0.3) is 0 Å². The largest absolute Gasteiger partial charge is 0.506 e. The molecule has 0 fully saturated rings. The predicted octanol–water partition coefficient (Wildman–Crippen LogP) is 9.58. The smallest absolute Gasteiger partial charge is 0.165 e. The molecule has 0 bridgehead atoms. The molecule has 0 saturated carbocycles. The third kappa shape index (κ3) is 8.13. The van der Waals surface area contributed by atoms with Gasteiger partial charge in [0.2, 0.25) is 0 Å². The molecular weight excluding hydrogens is 596 g/mol. The van der Waals surface area contributed by atoms with E-state index >= 15 is 0 Å². The van der Waals surface area contributed by atoms with Crippen LogP contribution in [0.25, 0.3) is 11.5 Å². The van der Waals surface area contributed by atoms with E-state index in [1.54, 1.807) is 0 Å². The summed E-state index contributed by atoms with van der Waals surface area (Å²) in [7, 11) is 0. The summed E-state index contributed by atoms with van der Waals surface area (Å²) in [6.45, 7) is 14.4. The van der Waals surface area contributed by atoms with Crippen LogP contribution >= 0.6 is 0 Å². The molecule has 246 valence electrons. The van der Waals surface area contributed by atoms with Gasteiger partial charge in [-0.1, -0.05) is 96.1 Å². The molecule has 0 spiro atoms. The summed E-state index contributed by atoms with van der Waals surface area (Å²) in [5.74, 6) is -0.942. The van der Waals surface area contributed by atoms with Gasteiger partial charge in [0.1, 0.15) is 23.6 Å². The van der Waals surface area contributed by atoms with Gasteiger partial charge < -0.3 is 10.2 Å². The molecule has 0 saturated heterocycles. The predicted molar refractivity (Wildman–Crippen MR) is 197 cm³/mol. The molecule has 6 heteroatoms. The van der Waals surface area contributed by atoms with E-state index in [1.165, 1.54) is 26.3 Å². The Hall–Kier alpha value is -5.36. The van der Waals surface area contributed by atoms with Gasteiger partial charge in [0, 0.05) is 23.6 Å². The van der Waals surface area contributed by atoms with Crippen LogP contribution in [0.1, 0.15) is 81.6 Å². The Kier molecular flexibility index (Phi) is 11.5. The number of carbonyl (C=O) groups is 2. The number of rotatable bonds is 11. The summed E-state index contributed by atoms with van der Waals surface area (Å²) >= 11 is 0. The minimum atomic E-state index is -0.662. The van der Waals surface area contributed by atoms with Crippen LogP contribution in [0.2, 0.25) is 0 Å². The molecule has 4 aromatic carbocycles. The molecule has 2 N–H and O–H groups in total. The lowest BCUT2D eigenvalue weighted by atomic mass is 9.93. The topological polar surface area (TPSA) is 99.3 Å². The van der Waals surface area contributed by atoms with Crippen LogP contribution in [0.5, 0.6) is 0 Å². The van der Waals surface area contributed by atoms with Gasteiger partial charge in [-0.3, -0.25) is 19.6 Å². The average Bonchev–Trinajstić information content (AvgIpc) is 3.01. The first kappa shape index (κ1) is 35.5. The van der Waals surface area contributed by atoms with Crippen molar-refractivity contribution in [3.05, 3.63) is 152 Å². The fraction of sp³-hybridized carbons (Fsp3) is 0.238. The second-order valence-electron chi connectivity index (χ2n) is 12.5. The first-order valence-corrected chi connectivity index (χ1v) is 16.0. The highest BCUT2D eigenvalue weighted by molar-refractivity contribution is 6.18. The summed E-state index contributed by atoms with van der Waals surface area (Å²) < 4.78 is 0. The van der Waals surface area contributed by atoms with Crippen LogP contribution in [-0.2, 0) is 9.59 Å². The second kappa shape index (κ2) is 15.5. The molecule has 4 aromatic rings. The standard InChI is InChI=1S/C42H44N2O4/c1-25-19-27(3)37(28(4)20-25)41(47)35(31(7)45)23-43-39(33-15-11-9-12-16-33)40(34-17-13-10-14-18-34)44-24-36(32(8)46)42(48)38-29(5)21-26(2)22-30(38)6/h9-24,39-40,47-48H,1-8H3/t39-,40-/m0/s1. The molecule has 0 radical (unpaired) electrons. The van der Waals surface area contributed by atoms with Crippen LogP contribution in [0.3, 0.4) is 0 Å². The van der Waals surface area contributed by atoms with Crippen molar-refractivity contribution in [2.75, 3.05) is 0 Å². The molecule has 0 amide bonds. The summed E-state index contributed by atoms with van der Waals surface area (Å²) in [6.07, 6.45) is 2.86. The Morgan fingerprint density at radius 3 is 1.10 bits per heavy atom. The number of allylic oxidation sites excluding steroid dienone is 2. The zero-order valence-electron chi connectivity index (χ0n) is 29.0. The molecule has 6 nitrogen and oxygen atoms in total. The number of aliphatic hydroxyl groups is 2. The van der Waals surface area contributed by atoms with Crippen molar-refractivity contribution in [3.63, 3.8) is 0 Å². The molecule has 0 aliphatic heterocycles. The molecule has 2 atom stereocenters. The first-order chi connectivity index (χ1) is 22.8. The summed E-state index contributed by atoms with van der Waals surface area (Å²) in [4.78, 5) is 35.9.